The van der Waals surface area contributed by atoms with Gasteiger partial charge < -0.3 is 14.8 Å². The molecule has 1 aliphatic rings. The summed E-state index contributed by atoms with van der Waals surface area (Å²) in [4.78, 5) is 16.0. The molecule has 6 heteroatoms. The molecule has 1 aliphatic heterocycles. The van der Waals surface area contributed by atoms with Crippen molar-refractivity contribution in [3.05, 3.63) is 47.8 Å². The van der Waals surface area contributed by atoms with E-state index in [1.165, 1.54) is 18.5 Å². The average Bonchev–Trinajstić information content (AvgIpc) is 2.94. The van der Waals surface area contributed by atoms with Gasteiger partial charge in [0.25, 0.3) is 5.91 Å². The smallest absolute Gasteiger partial charge is 0.258 e. The highest BCUT2D eigenvalue weighted by Crippen LogP contribution is 2.34. The Balaban J connectivity index is 1.84. The van der Waals surface area contributed by atoms with Crippen molar-refractivity contribution in [3.8, 4) is 17.6 Å². The van der Waals surface area contributed by atoms with E-state index >= 15 is 0 Å². The van der Waals surface area contributed by atoms with Gasteiger partial charge >= 0.3 is 0 Å². The first kappa shape index (κ1) is 12.0. The Morgan fingerprint density at radius 2 is 2.15 bits per heavy atom. The van der Waals surface area contributed by atoms with E-state index < -0.39 is 5.91 Å². The monoisotopic (exact) mass is 267 g/mol. The number of benzene rings is 1. The molecule has 0 aliphatic carbocycles. The number of nitrogens with zero attached hydrogens (tertiary/aromatic N) is 2. The predicted octanol–water partition coefficient (Wildman–Crippen LogP) is 1.93. The first-order valence-electron chi connectivity index (χ1n) is 5.83. The number of carbonyl (C=O) groups excluding carboxylic acids is 1. The van der Waals surface area contributed by atoms with Crippen LogP contribution < -0.4 is 14.8 Å². The zero-order valence-corrected chi connectivity index (χ0v) is 10.3. The van der Waals surface area contributed by atoms with Gasteiger partial charge in [-0.3, -0.25) is 9.78 Å². The lowest BCUT2D eigenvalue weighted by atomic mass is 10.1. The maximum Gasteiger partial charge on any atom is 0.258 e. The van der Waals surface area contributed by atoms with E-state index in [1.54, 1.807) is 18.2 Å². The van der Waals surface area contributed by atoms with E-state index in [0.29, 0.717) is 17.2 Å². The number of fused-ring (bicyclic) bond motifs is 1. The van der Waals surface area contributed by atoms with Crippen molar-refractivity contribution in [2.75, 3.05) is 12.1 Å². The summed E-state index contributed by atoms with van der Waals surface area (Å²) in [6, 6.07) is 8.54. The Kier molecular flexibility index (Phi) is 2.94. The molecule has 0 saturated carbocycles. The SMILES string of the molecule is N#Cc1ccncc1C(=O)Nc1ccc2c(c1)OCO2. The van der Waals surface area contributed by atoms with Crippen molar-refractivity contribution in [2.24, 2.45) is 0 Å². The molecule has 2 aromatic rings. The summed E-state index contributed by atoms with van der Waals surface area (Å²) >= 11 is 0. The summed E-state index contributed by atoms with van der Waals surface area (Å²) in [5.74, 6) is 0.824. The van der Waals surface area contributed by atoms with Gasteiger partial charge in [0.15, 0.2) is 11.5 Å². The lowest BCUT2D eigenvalue weighted by molar-refractivity contribution is 0.102. The standard InChI is InChI=1S/C14H9N3O3/c15-6-9-3-4-16-7-11(9)14(18)17-10-1-2-12-13(5-10)20-8-19-12/h1-5,7H,8H2,(H,17,18). The van der Waals surface area contributed by atoms with Crippen LogP contribution in [0.3, 0.4) is 0 Å². The molecule has 1 N–H and O–H groups in total. The number of hydrogen-bond donors (Lipinski definition) is 1. The third-order valence-corrected chi connectivity index (χ3v) is 2.82. The summed E-state index contributed by atoms with van der Waals surface area (Å²) in [5, 5.41) is 11.7. The van der Waals surface area contributed by atoms with Crippen molar-refractivity contribution >= 4 is 11.6 Å². The largest absolute Gasteiger partial charge is 0.454 e. The molecule has 0 atom stereocenters. The molecule has 6 nitrogen and oxygen atoms in total. The van der Waals surface area contributed by atoms with Gasteiger partial charge in [-0.25, -0.2) is 0 Å². The lowest BCUT2D eigenvalue weighted by Crippen LogP contribution is -2.13. The van der Waals surface area contributed by atoms with E-state index in [-0.39, 0.29) is 17.9 Å². The zero-order chi connectivity index (χ0) is 13.9. The number of aromatic nitrogens is 1. The predicted molar refractivity (Wildman–Crippen MR) is 69.5 cm³/mol. The van der Waals surface area contributed by atoms with E-state index in [0.717, 1.165) is 0 Å². The summed E-state index contributed by atoms with van der Waals surface area (Å²) in [7, 11) is 0. The van der Waals surface area contributed by atoms with Crippen molar-refractivity contribution in [2.45, 2.75) is 0 Å². The van der Waals surface area contributed by atoms with Crippen LogP contribution in [0.4, 0.5) is 5.69 Å². The fourth-order valence-corrected chi connectivity index (χ4v) is 1.85. The molecule has 3 rings (SSSR count). The number of pyridine rings is 1. The second-order valence-corrected chi connectivity index (χ2v) is 4.06. The van der Waals surface area contributed by atoms with Crippen molar-refractivity contribution in [1.82, 2.24) is 4.98 Å². The summed E-state index contributed by atoms with van der Waals surface area (Å²) in [6.45, 7) is 0.175. The van der Waals surface area contributed by atoms with E-state index in [4.69, 9.17) is 14.7 Å². The van der Waals surface area contributed by atoms with E-state index in [1.807, 2.05) is 6.07 Å². The van der Waals surface area contributed by atoms with Crippen LogP contribution in [-0.2, 0) is 0 Å². The minimum absolute atomic E-state index is 0.175. The van der Waals surface area contributed by atoms with Gasteiger partial charge in [0, 0.05) is 24.1 Å². The zero-order valence-electron chi connectivity index (χ0n) is 10.3. The lowest BCUT2D eigenvalue weighted by Gasteiger charge is -2.06. The molecule has 0 spiro atoms. The molecular formula is C14H9N3O3. The maximum atomic E-state index is 12.1. The summed E-state index contributed by atoms with van der Waals surface area (Å²) < 4.78 is 10.4. The Morgan fingerprint density at radius 3 is 3.00 bits per heavy atom. The van der Waals surface area contributed by atoms with Crippen LogP contribution in [0.5, 0.6) is 11.5 Å². The van der Waals surface area contributed by atoms with Crippen LogP contribution in [0.1, 0.15) is 15.9 Å². The minimum atomic E-state index is -0.395. The van der Waals surface area contributed by atoms with Crippen LogP contribution >= 0.6 is 0 Å². The van der Waals surface area contributed by atoms with E-state index in [2.05, 4.69) is 10.3 Å². The fraction of sp³-hybridized carbons (Fsp3) is 0.0714. The Hall–Kier alpha value is -3.07. The number of carbonyl (C=O) groups is 1. The molecule has 1 aromatic heterocycles. The highest BCUT2D eigenvalue weighted by Gasteiger charge is 2.16. The van der Waals surface area contributed by atoms with Gasteiger partial charge in [-0.15, -0.1) is 0 Å². The minimum Gasteiger partial charge on any atom is -0.454 e. The quantitative estimate of drug-likeness (QED) is 0.898. The molecule has 0 bridgehead atoms. The summed E-state index contributed by atoms with van der Waals surface area (Å²) in [6.07, 6.45) is 2.83. The molecular weight excluding hydrogens is 258 g/mol. The Morgan fingerprint density at radius 1 is 1.30 bits per heavy atom. The third-order valence-electron chi connectivity index (χ3n) is 2.82. The normalized spacial score (nSPS) is 11.8. The van der Waals surface area contributed by atoms with Crippen LogP contribution in [0, 0.1) is 11.3 Å². The molecule has 98 valence electrons. The molecule has 0 saturated heterocycles. The number of anilines is 1. The second kappa shape index (κ2) is 4.90. The van der Waals surface area contributed by atoms with Gasteiger partial charge in [0.1, 0.15) is 6.07 Å². The van der Waals surface area contributed by atoms with Crippen LogP contribution in [0.15, 0.2) is 36.7 Å². The number of nitriles is 1. The molecule has 0 fully saturated rings. The highest BCUT2D eigenvalue weighted by molar-refractivity contribution is 6.05. The number of amides is 1. The number of rotatable bonds is 2. The van der Waals surface area contributed by atoms with Crippen LogP contribution in [-0.4, -0.2) is 17.7 Å². The molecule has 0 unspecified atom stereocenters. The van der Waals surface area contributed by atoms with E-state index in [9.17, 15) is 4.79 Å². The number of hydrogen-bond acceptors (Lipinski definition) is 5. The van der Waals surface area contributed by atoms with Gasteiger partial charge in [0.2, 0.25) is 6.79 Å². The third kappa shape index (κ3) is 2.12. The van der Waals surface area contributed by atoms with Gasteiger partial charge in [-0.2, -0.15) is 5.26 Å². The molecule has 2 heterocycles. The molecule has 20 heavy (non-hydrogen) atoms. The first-order chi connectivity index (χ1) is 9.78. The van der Waals surface area contributed by atoms with Crippen molar-refractivity contribution in [1.29, 1.82) is 5.26 Å². The second-order valence-electron chi connectivity index (χ2n) is 4.06. The van der Waals surface area contributed by atoms with Crippen molar-refractivity contribution < 1.29 is 14.3 Å². The Labute approximate surface area is 114 Å². The number of nitrogens with one attached hydrogen (secondary N) is 1. The highest BCUT2D eigenvalue weighted by atomic mass is 16.7. The van der Waals surface area contributed by atoms with Crippen LogP contribution in [0.25, 0.3) is 0 Å². The maximum absolute atomic E-state index is 12.1. The molecule has 1 aromatic carbocycles. The topological polar surface area (TPSA) is 84.2 Å². The number of ether oxygens (including phenoxy) is 2. The van der Waals surface area contributed by atoms with Gasteiger partial charge in [-0.1, -0.05) is 0 Å². The van der Waals surface area contributed by atoms with Crippen LogP contribution in [0.2, 0.25) is 0 Å². The first-order valence-corrected chi connectivity index (χ1v) is 5.83. The fourth-order valence-electron chi connectivity index (χ4n) is 1.85. The Bertz CT molecular complexity index is 722. The average molecular weight is 267 g/mol. The van der Waals surface area contributed by atoms with Gasteiger partial charge in [0.05, 0.1) is 11.1 Å². The van der Waals surface area contributed by atoms with Gasteiger partial charge in [-0.05, 0) is 18.2 Å². The summed E-state index contributed by atoms with van der Waals surface area (Å²) in [5.41, 5.74) is 1.07. The van der Waals surface area contributed by atoms with Crippen molar-refractivity contribution in [3.63, 3.8) is 0 Å². The molecule has 1 amide bonds. The molecule has 0 radical (unpaired) electrons.